The van der Waals surface area contributed by atoms with Crippen molar-refractivity contribution < 1.29 is 5.11 Å². The Morgan fingerprint density at radius 3 is 2.56 bits per heavy atom. The van der Waals surface area contributed by atoms with Gasteiger partial charge in [-0.25, -0.2) is 4.68 Å². The molecule has 4 nitrogen and oxygen atoms in total. The summed E-state index contributed by atoms with van der Waals surface area (Å²) in [6.07, 6.45) is 1.63. The highest BCUT2D eigenvalue weighted by Crippen LogP contribution is 2.16. The Labute approximate surface area is 94.5 Å². The van der Waals surface area contributed by atoms with Gasteiger partial charge in [0, 0.05) is 13.5 Å². The maximum Gasteiger partial charge on any atom is 0.101 e. The normalized spacial score (nSPS) is 12.7. The van der Waals surface area contributed by atoms with E-state index < -0.39 is 6.10 Å². The molecule has 4 heteroatoms. The molecule has 0 bridgehead atoms. The number of benzene rings is 1. The van der Waals surface area contributed by atoms with Gasteiger partial charge in [0.1, 0.15) is 6.10 Å². The summed E-state index contributed by atoms with van der Waals surface area (Å²) in [5.41, 5.74) is 3.07. The molecule has 16 heavy (non-hydrogen) atoms. The van der Waals surface area contributed by atoms with Crippen LogP contribution in [0, 0.1) is 6.92 Å². The van der Waals surface area contributed by atoms with Crippen molar-refractivity contribution in [1.82, 2.24) is 15.0 Å². The summed E-state index contributed by atoms with van der Waals surface area (Å²) in [5.74, 6) is 0. The molecule has 0 radical (unpaired) electrons. The number of aryl methyl sites for hydroxylation is 2. The van der Waals surface area contributed by atoms with Crippen molar-refractivity contribution >= 4 is 0 Å². The van der Waals surface area contributed by atoms with Crippen LogP contribution in [0.4, 0.5) is 0 Å². The largest absolute Gasteiger partial charge is 0.386 e. The molecule has 1 aromatic carbocycles. The van der Waals surface area contributed by atoms with Crippen molar-refractivity contribution in [3.63, 3.8) is 0 Å². The zero-order valence-electron chi connectivity index (χ0n) is 9.46. The monoisotopic (exact) mass is 217 g/mol. The van der Waals surface area contributed by atoms with Crippen LogP contribution in [-0.2, 0) is 13.5 Å². The smallest absolute Gasteiger partial charge is 0.101 e. The molecule has 0 aliphatic rings. The number of hydrogen-bond donors (Lipinski definition) is 1. The van der Waals surface area contributed by atoms with E-state index in [2.05, 4.69) is 10.3 Å². The Hall–Kier alpha value is -1.68. The van der Waals surface area contributed by atoms with E-state index in [0.29, 0.717) is 6.42 Å². The van der Waals surface area contributed by atoms with Gasteiger partial charge in [-0.1, -0.05) is 35.0 Å². The first-order valence-electron chi connectivity index (χ1n) is 5.25. The summed E-state index contributed by atoms with van der Waals surface area (Å²) < 4.78 is 1.60. The first kappa shape index (κ1) is 10.8. The fourth-order valence-electron chi connectivity index (χ4n) is 1.65. The third-order valence-corrected chi connectivity index (χ3v) is 2.64. The second kappa shape index (κ2) is 4.45. The lowest BCUT2D eigenvalue weighted by Crippen LogP contribution is -2.07. The molecule has 0 amide bonds. The van der Waals surface area contributed by atoms with Crippen molar-refractivity contribution in [3.8, 4) is 0 Å². The van der Waals surface area contributed by atoms with Crippen molar-refractivity contribution in [3.05, 3.63) is 47.3 Å². The maximum absolute atomic E-state index is 10.0. The Kier molecular flexibility index (Phi) is 3.01. The van der Waals surface area contributed by atoms with E-state index in [0.717, 1.165) is 11.3 Å². The van der Waals surface area contributed by atoms with Gasteiger partial charge in [0.2, 0.25) is 0 Å². The topological polar surface area (TPSA) is 50.9 Å². The Morgan fingerprint density at radius 1 is 1.31 bits per heavy atom. The molecule has 1 heterocycles. The van der Waals surface area contributed by atoms with Crippen LogP contribution in [0.2, 0.25) is 0 Å². The summed E-state index contributed by atoms with van der Waals surface area (Å²) in [5, 5.41) is 17.6. The van der Waals surface area contributed by atoms with Gasteiger partial charge in [-0.3, -0.25) is 0 Å². The number of nitrogens with zero attached hydrogens (tertiary/aromatic N) is 3. The highest BCUT2D eigenvalue weighted by molar-refractivity contribution is 5.22. The molecule has 0 fully saturated rings. The van der Waals surface area contributed by atoms with Gasteiger partial charge in [0.05, 0.1) is 11.9 Å². The van der Waals surface area contributed by atoms with E-state index in [1.165, 1.54) is 5.56 Å². The zero-order valence-corrected chi connectivity index (χ0v) is 9.46. The highest BCUT2D eigenvalue weighted by Gasteiger charge is 2.12. The second-order valence-electron chi connectivity index (χ2n) is 3.99. The van der Waals surface area contributed by atoms with Crippen LogP contribution >= 0.6 is 0 Å². The van der Waals surface area contributed by atoms with Crippen LogP contribution < -0.4 is 0 Å². The van der Waals surface area contributed by atoms with Crippen molar-refractivity contribution in [2.45, 2.75) is 19.4 Å². The van der Waals surface area contributed by atoms with E-state index in [1.54, 1.807) is 17.9 Å². The molecule has 0 spiro atoms. The van der Waals surface area contributed by atoms with Gasteiger partial charge in [0.25, 0.3) is 0 Å². The van der Waals surface area contributed by atoms with Crippen LogP contribution in [0.5, 0.6) is 0 Å². The number of rotatable bonds is 3. The van der Waals surface area contributed by atoms with Gasteiger partial charge in [-0.05, 0) is 12.5 Å². The Bertz CT molecular complexity index is 461. The number of hydrogen-bond acceptors (Lipinski definition) is 3. The lowest BCUT2D eigenvalue weighted by atomic mass is 10.0. The van der Waals surface area contributed by atoms with Crippen molar-refractivity contribution in [1.29, 1.82) is 0 Å². The maximum atomic E-state index is 10.0. The quantitative estimate of drug-likeness (QED) is 0.845. The highest BCUT2D eigenvalue weighted by atomic mass is 16.3. The minimum atomic E-state index is -0.553. The van der Waals surface area contributed by atoms with E-state index in [9.17, 15) is 5.11 Å². The molecule has 1 unspecified atom stereocenters. The van der Waals surface area contributed by atoms with Crippen molar-refractivity contribution in [2.24, 2.45) is 7.05 Å². The predicted molar refractivity (Wildman–Crippen MR) is 60.8 cm³/mol. The fraction of sp³-hybridized carbons (Fsp3) is 0.333. The lowest BCUT2D eigenvalue weighted by molar-refractivity contribution is 0.168. The van der Waals surface area contributed by atoms with Gasteiger partial charge in [0.15, 0.2) is 0 Å². The van der Waals surface area contributed by atoms with Crippen LogP contribution in [0.1, 0.15) is 22.9 Å². The van der Waals surface area contributed by atoms with Crippen LogP contribution in [0.15, 0.2) is 30.5 Å². The van der Waals surface area contributed by atoms with E-state index >= 15 is 0 Å². The average molecular weight is 217 g/mol. The minimum absolute atomic E-state index is 0.553. The van der Waals surface area contributed by atoms with Crippen molar-refractivity contribution in [2.75, 3.05) is 0 Å². The van der Waals surface area contributed by atoms with Gasteiger partial charge in [-0.15, -0.1) is 5.10 Å². The van der Waals surface area contributed by atoms with Crippen LogP contribution in [0.25, 0.3) is 0 Å². The van der Waals surface area contributed by atoms with Gasteiger partial charge < -0.3 is 5.11 Å². The molecule has 1 N–H and O–H groups in total. The number of aliphatic hydroxyl groups is 1. The fourth-order valence-corrected chi connectivity index (χ4v) is 1.65. The molecule has 0 aliphatic carbocycles. The van der Waals surface area contributed by atoms with E-state index in [1.807, 2.05) is 31.2 Å². The third kappa shape index (κ3) is 2.28. The van der Waals surface area contributed by atoms with Crippen LogP contribution in [0.3, 0.4) is 0 Å². The molecule has 84 valence electrons. The van der Waals surface area contributed by atoms with E-state index in [4.69, 9.17) is 0 Å². The SMILES string of the molecule is Cc1ccc(CC(O)c2cnnn2C)cc1. The molecule has 2 rings (SSSR count). The lowest BCUT2D eigenvalue weighted by Gasteiger charge is -2.10. The summed E-state index contributed by atoms with van der Waals surface area (Å²) >= 11 is 0. The van der Waals surface area contributed by atoms with Gasteiger partial charge >= 0.3 is 0 Å². The molecule has 0 saturated heterocycles. The molecule has 1 aromatic heterocycles. The standard InChI is InChI=1S/C12H15N3O/c1-9-3-5-10(6-4-9)7-12(16)11-8-13-14-15(11)2/h3-6,8,12,16H,7H2,1-2H3. The molecule has 2 aromatic rings. The summed E-state index contributed by atoms with van der Waals surface area (Å²) in [4.78, 5) is 0. The summed E-state index contributed by atoms with van der Waals surface area (Å²) in [7, 11) is 1.78. The molecular weight excluding hydrogens is 202 g/mol. The number of aliphatic hydroxyl groups excluding tert-OH is 1. The average Bonchev–Trinajstić information content (AvgIpc) is 2.68. The first-order chi connectivity index (χ1) is 7.66. The Balaban J connectivity index is 2.10. The molecule has 1 atom stereocenters. The van der Waals surface area contributed by atoms with Gasteiger partial charge in [-0.2, -0.15) is 0 Å². The second-order valence-corrected chi connectivity index (χ2v) is 3.99. The Morgan fingerprint density at radius 2 is 2.00 bits per heavy atom. The molecule has 0 aliphatic heterocycles. The first-order valence-corrected chi connectivity index (χ1v) is 5.25. The zero-order chi connectivity index (χ0) is 11.5. The third-order valence-electron chi connectivity index (χ3n) is 2.64. The predicted octanol–water partition coefficient (Wildman–Crippen LogP) is 1.40. The number of aromatic nitrogens is 3. The van der Waals surface area contributed by atoms with E-state index in [-0.39, 0.29) is 0 Å². The summed E-state index contributed by atoms with van der Waals surface area (Å²) in [6.45, 7) is 2.05. The molecular formula is C12H15N3O. The molecule has 0 saturated carbocycles. The minimum Gasteiger partial charge on any atom is -0.386 e. The van der Waals surface area contributed by atoms with Crippen LogP contribution in [-0.4, -0.2) is 20.1 Å². The summed E-state index contributed by atoms with van der Waals surface area (Å²) in [6, 6.07) is 8.15.